The second-order valence-corrected chi connectivity index (χ2v) is 8.69. The van der Waals surface area contributed by atoms with Gasteiger partial charge in [-0.2, -0.15) is 0 Å². The van der Waals surface area contributed by atoms with E-state index >= 15 is 0 Å². The first-order valence-electron chi connectivity index (χ1n) is 9.94. The lowest BCUT2D eigenvalue weighted by Crippen LogP contribution is -2.02. The van der Waals surface area contributed by atoms with Crippen molar-refractivity contribution in [2.75, 3.05) is 0 Å². The van der Waals surface area contributed by atoms with Crippen molar-refractivity contribution in [3.05, 3.63) is 108 Å². The number of hydrogen-bond acceptors (Lipinski definition) is 4. The topological polar surface area (TPSA) is 69.7 Å². The average molecular weight is 503 g/mol. The monoisotopic (exact) mass is 501 g/mol. The highest BCUT2D eigenvalue weighted by Crippen LogP contribution is 2.29. The summed E-state index contributed by atoms with van der Waals surface area (Å²) in [6.07, 6.45) is 1.57. The molecule has 0 fully saturated rings. The zero-order chi connectivity index (χ0) is 23.5. The van der Waals surface area contributed by atoms with Gasteiger partial charge in [0.25, 0.3) is 5.69 Å². The summed E-state index contributed by atoms with van der Waals surface area (Å²) in [7, 11) is 0. The van der Waals surface area contributed by atoms with Crippen molar-refractivity contribution < 1.29 is 9.76 Å². The minimum Gasteiger partial charge on any atom is -0.391 e. The summed E-state index contributed by atoms with van der Waals surface area (Å²) in [6.45, 7) is 2.68. The molecule has 6 nitrogen and oxygen atoms in total. The van der Waals surface area contributed by atoms with E-state index in [1.165, 1.54) is 6.07 Å². The van der Waals surface area contributed by atoms with Gasteiger partial charge in [0.05, 0.1) is 11.1 Å². The zero-order valence-electron chi connectivity index (χ0n) is 17.5. The summed E-state index contributed by atoms with van der Waals surface area (Å²) < 4.78 is 2.08. The van der Waals surface area contributed by atoms with Crippen LogP contribution in [0.15, 0.2) is 65.8 Å². The number of oxime groups is 1. The number of hydrogen-bond donors (Lipinski definition) is 0. The van der Waals surface area contributed by atoms with Gasteiger partial charge in [-0.3, -0.25) is 10.1 Å². The first kappa shape index (κ1) is 23.1. The van der Waals surface area contributed by atoms with Gasteiger partial charge in [-0.1, -0.05) is 58.2 Å². The van der Waals surface area contributed by atoms with Crippen molar-refractivity contribution in [3.63, 3.8) is 0 Å². The first-order valence-corrected chi connectivity index (χ1v) is 11.1. The molecule has 0 amide bonds. The maximum Gasteiger partial charge on any atom is 0.270 e. The number of non-ortho nitro benzene ring substituents is 1. The van der Waals surface area contributed by atoms with Gasteiger partial charge >= 0.3 is 0 Å². The molecule has 0 unspecified atom stereocenters. The van der Waals surface area contributed by atoms with Crippen LogP contribution < -0.4 is 0 Å². The summed E-state index contributed by atoms with van der Waals surface area (Å²) >= 11 is 18.1. The van der Waals surface area contributed by atoms with Gasteiger partial charge in [0.1, 0.15) is 6.61 Å². The Kier molecular flexibility index (Phi) is 6.88. The van der Waals surface area contributed by atoms with Crippen LogP contribution in [0.2, 0.25) is 15.1 Å². The van der Waals surface area contributed by atoms with Crippen LogP contribution in [0.4, 0.5) is 5.69 Å². The van der Waals surface area contributed by atoms with Gasteiger partial charge in [0.15, 0.2) is 0 Å². The summed E-state index contributed by atoms with van der Waals surface area (Å²) in [5.74, 6) is 0. The van der Waals surface area contributed by atoms with Gasteiger partial charge in [0, 0.05) is 61.5 Å². The molecule has 33 heavy (non-hydrogen) atoms. The number of aromatic nitrogens is 1. The zero-order valence-corrected chi connectivity index (χ0v) is 19.7. The van der Waals surface area contributed by atoms with E-state index in [1.54, 1.807) is 36.5 Å². The Morgan fingerprint density at radius 1 is 1.03 bits per heavy atom. The van der Waals surface area contributed by atoms with Crippen molar-refractivity contribution in [1.82, 2.24) is 4.57 Å². The van der Waals surface area contributed by atoms with E-state index in [9.17, 15) is 10.1 Å². The molecule has 0 bridgehead atoms. The van der Waals surface area contributed by atoms with Crippen LogP contribution in [-0.2, 0) is 18.0 Å². The maximum absolute atomic E-state index is 11.3. The maximum atomic E-state index is 11.3. The molecule has 0 saturated heterocycles. The lowest BCUT2D eigenvalue weighted by atomic mass is 10.1. The largest absolute Gasteiger partial charge is 0.391 e. The molecule has 3 aromatic carbocycles. The van der Waals surface area contributed by atoms with Gasteiger partial charge in [-0.15, -0.1) is 0 Å². The van der Waals surface area contributed by atoms with Gasteiger partial charge < -0.3 is 9.40 Å². The van der Waals surface area contributed by atoms with E-state index in [4.69, 9.17) is 39.6 Å². The van der Waals surface area contributed by atoms with Gasteiger partial charge in [0.2, 0.25) is 0 Å². The molecule has 4 aromatic rings. The third kappa shape index (κ3) is 5.14. The van der Waals surface area contributed by atoms with Crippen LogP contribution in [0.1, 0.15) is 22.4 Å². The predicted octanol–water partition coefficient (Wildman–Crippen LogP) is 7.42. The second-order valence-electron chi connectivity index (χ2n) is 7.41. The van der Waals surface area contributed by atoms with Crippen molar-refractivity contribution in [2.24, 2.45) is 5.16 Å². The molecule has 1 heterocycles. The fraction of sp³-hybridized carbons (Fsp3) is 0.125. The number of benzene rings is 3. The van der Waals surface area contributed by atoms with E-state index < -0.39 is 4.92 Å². The van der Waals surface area contributed by atoms with Crippen LogP contribution in [0, 0.1) is 17.0 Å². The van der Waals surface area contributed by atoms with E-state index in [1.807, 2.05) is 31.2 Å². The Hall–Kier alpha value is -3.06. The van der Waals surface area contributed by atoms with Crippen LogP contribution in [-0.4, -0.2) is 15.7 Å². The highest BCUT2D eigenvalue weighted by atomic mass is 35.5. The number of nitro benzene ring substituents is 1. The van der Waals surface area contributed by atoms with E-state index in [0.717, 1.165) is 27.9 Å². The Morgan fingerprint density at radius 3 is 2.45 bits per heavy atom. The molecule has 0 aliphatic rings. The normalized spacial score (nSPS) is 11.4. The molecule has 1 aromatic heterocycles. The number of nitrogens with zero attached hydrogens (tertiary/aromatic N) is 3. The molecule has 0 aliphatic heterocycles. The summed E-state index contributed by atoms with van der Waals surface area (Å²) in [5, 5.41) is 17.9. The molecule has 4 rings (SSSR count). The third-order valence-corrected chi connectivity index (χ3v) is 6.15. The van der Waals surface area contributed by atoms with Crippen molar-refractivity contribution in [1.29, 1.82) is 0 Å². The molecule has 0 spiro atoms. The number of fused-ring (bicyclic) bond motifs is 1. The fourth-order valence-corrected chi connectivity index (χ4v) is 4.17. The minimum atomic E-state index is -0.411. The smallest absolute Gasteiger partial charge is 0.270 e. The fourth-order valence-electron chi connectivity index (χ4n) is 3.58. The molecule has 0 atom stereocenters. The number of nitro groups is 1. The highest BCUT2D eigenvalue weighted by molar-refractivity contribution is 6.35. The highest BCUT2D eigenvalue weighted by Gasteiger charge is 2.17. The Bertz CT molecular complexity index is 1370. The van der Waals surface area contributed by atoms with Crippen molar-refractivity contribution in [2.45, 2.75) is 20.1 Å². The average Bonchev–Trinajstić information content (AvgIpc) is 3.04. The summed E-state index contributed by atoms with van der Waals surface area (Å²) in [5.41, 5.74) is 4.30. The SMILES string of the molecule is Cc1c(/C=N/OCc2ccc(Cl)cc2Cl)c2cc([N+](=O)[O-])ccc2n1Cc1ccc(Cl)cc1. The van der Waals surface area contributed by atoms with Gasteiger partial charge in [-0.25, -0.2) is 0 Å². The predicted molar refractivity (Wildman–Crippen MR) is 133 cm³/mol. The van der Waals surface area contributed by atoms with Gasteiger partial charge in [-0.05, 0) is 42.8 Å². The molecule has 9 heteroatoms. The minimum absolute atomic E-state index is 0.00894. The Balaban J connectivity index is 1.67. The molecular formula is C24H18Cl3N3O3. The van der Waals surface area contributed by atoms with Crippen molar-refractivity contribution >= 4 is 57.6 Å². The lowest BCUT2D eigenvalue weighted by Gasteiger charge is -2.09. The third-order valence-electron chi connectivity index (χ3n) is 5.31. The molecule has 0 N–H and O–H groups in total. The van der Waals surface area contributed by atoms with E-state index in [0.29, 0.717) is 27.0 Å². The molecule has 168 valence electrons. The molecular weight excluding hydrogens is 485 g/mol. The van der Waals surface area contributed by atoms with Crippen LogP contribution in [0.3, 0.4) is 0 Å². The first-order chi connectivity index (χ1) is 15.8. The molecule has 0 saturated carbocycles. The van der Waals surface area contributed by atoms with Crippen LogP contribution in [0.5, 0.6) is 0 Å². The second kappa shape index (κ2) is 9.83. The van der Waals surface area contributed by atoms with Crippen LogP contribution in [0.25, 0.3) is 10.9 Å². The van der Waals surface area contributed by atoms with E-state index in [-0.39, 0.29) is 12.3 Å². The van der Waals surface area contributed by atoms with E-state index in [2.05, 4.69) is 9.72 Å². The number of rotatable bonds is 7. The Labute approximate surface area is 205 Å². The summed E-state index contributed by atoms with van der Waals surface area (Å²) in [6, 6.07) is 17.5. The lowest BCUT2D eigenvalue weighted by molar-refractivity contribution is -0.384. The Morgan fingerprint density at radius 2 is 1.76 bits per heavy atom. The molecule has 0 radical (unpaired) electrons. The number of halogens is 3. The molecule has 0 aliphatic carbocycles. The van der Waals surface area contributed by atoms with Crippen LogP contribution >= 0.6 is 34.8 Å². The standard InChI is InChI=1S/C24H18Cl3N3O3/c1-15-22(12-28-33-14-17-4-7-19(26)10-23(17)27)21-11-20(30(31)32)8-9-24(21)29(15)13-16-2-5-18(25)6-3-16/h2-12H,13-14H2,1H3/b28-12+. The van der Waals surface area contributed by atoms with Crippen molar-refractivity contribution in [3.8, 4) is 0 Å². The summed E-state index contributed by atoms with van der Waals surface area (Å²) in [4.78, 5) is 16.4. The quantitative estimate of drug-likeness (QED) is 0.150.